The predicted octanol–water partition coefficient (Wildman–Crippen LogP) is 0.609. The highest BCUT2D eigenvalue weighted by Crippen LogP contribution is 2.25. The van der Waals surface area contributed by atoms with E-state index in [9.17, 15) is 8.42 Å². The van der Waals surface area contributed by atoms with Gasteiger partial charge in [-0.15, -0.1) is 0 Å². The normalized spacial score (nSPS) is 11.9. The maximum absolute atomic E-state index is 12.3. The van der Waals surface area contributed by atoms with Gasteiger partial charge in [-0.25, -0.2) is 12.7 Å². The molecule has 1 rings (SSSR count). The van der Waals surface area contributed by atoms with Crippen LogP contribution in [-0.4, -0.2) is 67.2 Å². The molecule has 0 amide bonds. The summed E-state index contributed by atoms with van der Waals surface area (Å²) < 4.78 is 30.9. The largest absolute Gasteiger partial charge is 0.383 e. The van der Waals surface area contributed by atoms with Crippen LogP contribution in [0.1, 0.15) is 0 Å². The van der Waals surface area contributed by atoms with Crippen LogP contribution in [0.15, 0.2) is 29.2 Å². The van der Waals surface area contributed by atoms with E-state index >= 15 is 0 Å². The third kappa shape index (κ3) is 4.96. The Morgan fingerprint density at radius 1 is 1.14 bits per heavy atom. The molecular formula is C14H25N3O3S. The third-order valence-electron chi connectivity index (χ3n) is 3.14. The SMILES string of the molecule is COCCNCCN(C)c1ccccc1S(=O)(=O)N(C)C. The van der Waals surface area contributed by atoms with Crippen molar-refractivity contribution in [3.05, 3.63) is 24.3 Å². The second kappa shape index (κ2) is 8.33. The molecule has 21 heavy (non-hydrogen) atoms. The molecule has 0 aliphatic carbocycles. The maximum Gasteiger partial charge on any atom is 0.244 e. The van der Waals surface area contributed by atoms with Crippen LogP contribution >= 0.6 is 0 Å². The van der Waals surface area contributed by atoms with Crippen molar-refractivity contribution in [3.8, 4) is 0 Å². The Hall–Kier alpha value is -1.15. The van der Waals surface area contributed by atoms with E-state index in [1.807, 2.05) is 24.1 Å². The van der Waals surface area contributed by atoms with E-state index in [2.05, 4.69) is 5.32 Å². The van der Waals surface area contributed by atoms with Gasteiger partial charge in [-0.2, -0.15) is 0 Å². The number of hydrogen-bond donors (Lipinski definition) is 1. The van der Waals surface area contributed by atoms with Crippen LogP contribution in [0.25, 0.3) is 0 Å². The minimum Gasteiger partial charge on any atom is -0.383 e. The van der Waals surface area contributed by atoms with E-state index < -0.39 is 10.0 Å². The van der Waals surface area contributed by atoms with Crippen molar-refractivity contribution in [2.45, 2.75) is 4.90 Å². The lowest BCUT2D eigenvalue weighted by Gasteiger charge is -2.23. The Balaban J connectivity index is 2.79. The molecule has 0 heterocycles. The highest BCUT2D eigenvalue weighted by Gasteiger charge is 2.22. The lowest BCUT2D eigenvalue weighted by atomic mass is 10.3. The van der Waals surface area contributed by atoms with E-state index in [0.29, 0.717) is 23.7 Å². The molecule has 0 radical (unpaired) electrons. The highest BCUT2D eigenvalue weighted by molar-refractivity contribution is 7.89. The topological polar surface area (TPSA) is 61.9 Å². The van der Waals surface area contributed by atoms with E-state index in [-0.39, 0.29) is 0 Å². The van der Waals surface area contributed by atoms with Crippen molar-refractivity contribution in [2.24, 2.45) is 0 Å². The summed E-state index contributed by atoms with van der Waals surface area (Å²) in [5.74, 6) is 0. The van der Waals surface area contributed by atoms with Crippen LogP contribution in [0.2, 0.25) is 0 Å². The van der Waals surface area contributed by atoms with Crippen LogP contribution in [0.3, 0.4) is 0 Å². The molecule has 120 valence electrons. The highest BCUT2D eigenvalue weighted by atomic mass is 32.2. The van der Waals surface area contributed by atoms with Gasteiger partial charge in [0.15, 0.2) is 0 Å². The fourth-order valence-corrected chi connectivity index (χ4v) is 2.99. The van der Waals surface area contributed by atoms with Gasteiger partial charge in [-0.3, -0.25) is 0 Å². The molecular weight excluding hydrogens is 290 g/mol. The smallest absolute Gasteiger partial charge is 0.244 e. The lowest BCUT2D eigenvalue weighted by Crippen LogP contribution is -2.32. The summed E-state index contributed by atoms with van der Waals surface area (Å²) in [6, 6.07) is 7.05. The second-order valence-electron chi connectivity index (χ2n) is 4.92. The lowest BCUT2D eigenvalue weighted by molar-refractivity contribution is 0.200. The van der Waals surface area contributed by atoms with Crippen LogP contribution in [-0.2, 0) is 14.8 Å². The minimum atomic E-state index is -3.44. The first-order chi connectivity index (χ1) is 9.91. The Morgan fingerprint density at radius 2 is 1.81 bits per heavy atom. The summed E-state index contributed by atoms with van der Waals surface area (Å²) in [7, 11) is 3.19. The molecule has 1 aromatic carbocycles. The van der Waals surface area contributed by atoms with E-state index in [4.69, 9.17) is 4.74 Å². The van der Waals surface area contributed by atoms with Gasteiger partial charge >= 0.3 is 0 Å². The van der Waals surface area contributed by atoms with Crippen LogP contribution < -0.4 is 10.2 Å². The number of rotatable bonds is 9. The summed E-state index contributed by atoms with van der Waals surface area (Å²) in [6.07, 6.45) is 0. The first-order valence-electron chi connectivity index (χ1n) is 6.83. The number of ether oxygens (including phenoxy) is 1. The molecule has 1 N–H and O–H groups in total. The van der Waals surface area contributed by atoms with Crippen molar-refractivity contribution in [1.82, 2.24) is 9.62 Å². The summed E-state index contributed by atoms with van der Waals surface area (Å²) in [6.45, 7) is 2.91. The van der Waals surface area contributed by atoms with E-state index in [0.717, 1.165) is 13.1 Å². The summed E-state index contributed by atoms with van der Waals surface area (Å²) in [5.41, 5.74) is 0.708. The molecule has 0 spiro atoms. The molecule has 0 atom stereocenters. The first kappa shape index (κ1) is 17.9. The molecule has 0 fully saturated rings. The van der Waals surface area contributed by atoms with Gasteiger partial charge in [0.25, 0.3) is 0 Å². The number of methoxy groups -OCH3 is 1. The molecule has 0 bridgehead atoms. The quantitative estimate of drug-likeness (QED) is 0.677. The Bertz CT molecular complexity index is 532. The van der Waals surface area contributed by atoms with Crippen molar-refractivity contribution < 1.29 is 13.2 Å². The molecule has 0 aliphatic rings. The number of para-hydroxylation sites is 1. The van der Waals surface area contributed by atoms with Gasteiger partial charge in [-0.1, -0.05) is 12.1 Å². The standard InChI is InChI=1S/C14H25N3O3S/c1-16(2)21(18,19)14-8-6-5-7-13(14)17(3)11-9-15-10-12-20-4/h5-8,15H,9-12H2,1-4H3. The molecule has 0 aliphatic heterocycles. The summed E-state index contributed by atoms with van der Waals surface area (Å²) in [5, 5.41) is 3.24. The number of benzene rings is 1. The molecule has 1 aromatic rings. The number of nitrogens with one attached hydrogen (secondary N) is 1. The van der Waals surface area contributed by atoms with Gasteiger partial charge < -0.3 is 15.0 Å². The number of sulfonamides is 1. The fraction of sp³-hybridized carbons (Fsp3) is 0.571. The molecule has 0 unspecified atom stereocenters. The van der Waals surface area contributed by atoms with Crippen LogP contribution in [0.4, 0.5) is 5.69 Å². The molecule has 7 heteroatoms. The predicted molar refractivity (Wildman–Crippen MR) is 85.3 cm³/mol. The Morgan fingerprint density at radius 3 is 2.43 bits per heavy atom. The van der Waals surface area contributed by atoms with Crippen molar-refractivity contribution in [1.29, 1.82) is 0 Å². The zero-order valence-corrected chi connectivity index (χ0v) is 14.0. The minimum absolute atomic E-state index is 0.328. The van der Waals surface area contributed by atoms with Crippen molar-refractivity contribution >= 4 is 15.7 Å². The molecule has 0 saturated heterocycles. The number of hydrogen-bond acceptors (Lipinski definition) is 5. The average molecular weight is 315 g/mol. The second-order valence-corrected chi connectivity index (χ2v) is 7.04. The van der Waals surface area contributed by atoms with E-state index in [1.165, 1.54) is 4.31 Å². The molecule has 0 saturated carbocycles. The first-order valence-corrected chi connectivity index (χ1v) is 8.27. The monoisotopic (exact) mass is 315 g/mol. The van der Waals surface area contributed by atoms with Gasteiger partial charge in [0.1, 0.15) is 4.90 Å². The Kier molecular flexibility index (Phi) is 7.10. The number of likely N-dealkylation sites (N-methyl/N-ethyl adjacent to an activating group) is 1. The van der Waals surface area contributed by atoms with Gasteiger partial charge in [0, 0.05) is 47.9 Å². The van der Waals surface area contributed by atoms with Gasteiger partial charge in [-0.05, 0) is 12.1 Å². The van der Waals surface area contributed by atoms with Crippen LogP contribution in [0, 0.1) is 0 Å². The van der Waals surface area contributed by atoms with Crippen molar-refractivity contribution in [3.63, 3.8) is 0 Å². The molecule has 0 aromatic heterocycles. The number of nitrogens with zero attached hydrogens (tertiary/aromatic N) is 2. The van der Waals surface area contributed by atoms with Gasteiger partial charge in [0.05, 0.1) is 12.3 Å². The molecule has 6 nitrogen and oxygen atoms in total. The number of anilines is 1. The van der Waals surface area contributed by atoms with Crippen LogP contribution in [0.5, 0.6) is 0 Å². The zero-order chi connectivity index (χ0) is 15.9. The Labute approximate surface area is 127 Å². The van der Waals surface area contributed by atoms with Gasteiger partial charge in [0.2, 0.25) is 10.0 Å². The summed E-state index contributed by atoms with van der Waals surface area (Å²) >= 11 is 0. The maximum atomic E-state index is 12.3. The average Bonchev–Trinajstić information content (AvgIpc) is 2.46. The zero-order valence-electron chi connectivity index (χ0n) is 13.2. The summed E-state index contributed by atoms with van der Waals surface area (Å²) in [4.78, 5) is 2.27. The van der Waals surface area contributed by atoms with Crippen molar-refractivity contribution in [2.75, 3.05) is 59.4 Å². The third-order valence-corrected chi connectivity index (χ3v) is 5.00. The fourth-order valence-electron chi connectivity index (χ4n) is 1.85. The van der Waals surface area contributed by atoms with E-state index in [1.54, 1.807) is 33.3 Å².